The molecule has 0 bridgehead atoms. The highest BCUT2D eigenvalue weighted by atomic mass is 32.2. The van der Waals surface area contributed by atoms with Crippen molar-refractivity contribution in [2.45, 2.75) is 43.0 Å². The molecule has 1 atom stereocenters. The van der Waals surface area contributed by atoms with Crippen molar-refractivity contribution in [2.24, 2.45) is 0 Å². The second-order valence-corrected chi connectivity index (χ2v) is 8.58. The number of benzene rings is 1. The van der Waals surface area contributed by atoms with Crippen molar-refractivity contribution < 1.29 is 4.79 Å². The molecule has 28 heavy (non-hydrogen) atoms. The summed E-state index contributed by atoms with van der Waals surface area (Å²) in [6, 6.07) is 6.68. The van der Waals surface area contributed by atoms with E-state index in [2.05, 4.69) is 38.8 Å². The number of amides is 1. The number of carbonyl (C=O) groups is 1. The summed E-state index contributed by atoms with van der Waals surface area (Å²) in [6.45, 7) is 1.99. The summed E-state index contributed by atoms with van der Waals surface area (Å²) < 4.78 is 0. The van der Waals surface area contributed by atoms with Crippen molar-refractivity contribution in [3.8, 4) is 0 Å². The molecule has 0 saturated carbocycles. The van der Waals surface area contributed by atoms with E-state index < -0.39 is 0 Å². The molecule has 7 heteroatoms. The van der Waals surface area contributed by atoms with Crippen LogP contribution in [0.1, 0.15) is 41.6 Å². The van der Waals surface area contributed by atoms with Gasteiger partial charge in [0.2, 0.25) is 5.95 Å². The zero-order valence-corrected chi connectivity index (χ0v) is 17.1. The van der Waals surface area contributed by atoms with E-state index in [9.17, 15) is 4.79 Å². The number of thioether (sulfide) groups is 1. The zero-order chi connectivity index (χ0) is 19.3. The fourth-order valence-electron chi connectivity index (χ4n) is 3.83. The molecule has 0 spiro atoms. The third-order valence-electron chi connectivity index (χ3n) is 5.48. The average molecular weight is 398 g/mol. The predicted molar refractivity (Wildman–Crippen MR) is 113 cm³/mol. The minimum atomic E-state index is -0.00995. The molecule has 148 valence electrons. The maximum Gasteiger partial charge on any atom is 0.256 e. The monoisotopic (exact) mass is 397 g/mol. The Hall–Kier alpha value is -2.12. The second-order valence-electron chi connectivity index (χ2n) is 7.45. The normalized spacial score (nSPS) is 19.4. The van der Waals surface area contributed by atoms with E-state index in [-0.39, 0.29) is 11.9 Å². The lowest BCUT2D eigenvalue weighted by Gasteiger charge is -2.26. The number of aryl methyl sites for hydroxylation is 1. The predicted octanol–water partition coefficient (Wildman–Crippen LogP) is 3.47. The Labute approximate surface area is 170 Å². The number of anilines is 2. The van der Waals surface area contributed by atoms with Crippen LogP contribution in [0.25, 0.3) is 0 Å². The van der Waals surface area contributed by atoms with Gasteiger partial charge < -0.3 is 15.5 Å². The Morgan fingerprint density at radius 1 is 1.21 bits per heavy atom. The number of rotatable bonds is 4. The lowest BCUT2D eigenvalue weighted by Crippen LogP contribution is -2.37. The fraction of sp³-hybridized carbons (Fsp3) is 0.476. The first-order valence-electron chi connectivity index (χ1n) is 10.0. The Balaban J connectivity index is 1.41. The Kier molecular flexibility index (Phi) is 6.12. The molecule has 1 unspecified atom stereocenters. The smallest absolute Gasteiger partial charge is 0.256 e. The van der Waals surface area contributed by atoms with Crippen molar-refractivity contribution in [1.82, 2.24) is 20.2 Å². The van der Waals surface area contributed by atoms with Gasteiger partial charge in [0.05, 0.1) is 5.56 Å². The molecule has 1 aromatic heterocycles. The van der Waals surface area contributed by atoms with Gasteiger partial charge in [0.1, 0.15) is 0 Å². The fourth-order valence-corrected chi connectivity index (χ4v) is 4.85. The topological polar surface area (TPSA) is 70.2 Å². The van der Waals surface area contributed by atoms with Gasteiger partial charge in [-0.3, -0.25) is 4.79 Å². The minimum Gasteiger partial charge on any atom is -0.339 e. The van der Waals surface area contributed by atoms with E-state index in [1.165, 1.54) is 22.6 Å². The van der Waals surface area contributed by atoms with Crippen molar-refractivity contribution in [1.29, 1.82) is 0 Å². The van der Waals surface area contributed by atoms with Crippen molar-refractivity contribution in [2.75, 3.05) is 31.2 Å². The second kappa shape index (κ2) is 8.92. The minimum absolute atomic E-state index is 0.00995. The van der Waals surface area contributed by atoms with E-state index in [1.807, 2.05) is 23.7 Å². The quantitative estimate of drug-likeness (QED) is 0.823. The molecule has 6 nitrogen and oxygen atoms in total. The molecule has 1 saturated heterocycles. The number of hydrogen-bond donors (Lipinski definition) is 2. The standard InChI is InChI=1S/C21H27N5OS/c1-26(18-5-2-9-22-10-8-18)20(27)16-13-23-21(24-14-16)25-17-6-7-19-15(12-17)4-3-11-28-19/h6-7,12-14,18,22H,2-5,8-11H2,1H3,(H,23,24,25). The van der Waals surface area contributed by atoms with Crippen molar-refractivity contribution in [3.63, 3.8) is 0 Å². The maximum atomic E-state index is 12.8. The SMILES string of the molecule is CN(C(=O)c1cnc(Nc2ccc3c(c2)CCCS3)nc1)C1CCCNCC1. The van der Waals surface area contributed by atoms with Gasteiger partial charge in [-0.05, 0) is 74.7 Å². The highest BCUT2D eigenvalue weighted by molar-refractivity contribution is 7.99. The molecule has 2 N–H and O–H groups in total. The number of nitrogens with one attached hydrogen (secondary N) is 2. The van der Waals surface area contributed by atoms with Gasteiger partial charge in [-0.15, -0.1) is 11.8 Å². The Bertz CT molecular complexity index is 818. The van der Waals surface area contributed by atoms with Crippen LogP contribution in [0.15, 0.2) is 35.5 Å². The summed E-state index contributed by atoms with van der Waals surface area (Å²) in [5.74, 6) is 1.70. The summed E-state index contributed by atoms with van der Waals surface area (Å²) in [7, 11) is 1.88. The van der Waals surface area contributed by atoms with Crippen LogP contribution in [0.4, 0.5) is 11.6 Å². The highest BCUT2D eigenvalue weighted by Crippen LogP contribution is 2.32. The molecule has 0 radical (unpaired) electrons. The van der Waals surface area contributed by atoms with Crippen molar-refractivity contribution in [3.05, 3.63) is 41.7 Å². The number of carbonyl (C=O) groups excluding carboxylic acids is 1. The van der Waals surface area contributed by atoms with Crippen LogP contribution in [0.3, 0.4) is 0 Å². The average Bonchev–Trinajstić information content (AvgIpc) is 3.03. The molecule has 4 rings (SSSR count). The molecule has 2 aliphatic heterocycles. The molecule has 1 amide bonds. The van der Waals surface area contributed by atoms with Crippen LogP contribution in [-0.2, 0) is 6.42 Å². The molecule has 1 fully saturated rings. The molecule has 2 aliphatic rings. The summed E-state index contributed by atoms with van der Waals surface area (Å²) in [6.07, 6.45) is 8.70. The molecule has 0 aliphatic carbocycles. The third kappa shape index (κ3) is 4.47. The van der Waals surface area contributed by atoms with Crippen LogP contribution >= 0.6 is 11.8 Å². The lowest BCUT2D eigenvalue weighted by molar-refractivity contribution is 0.0719. The van der Waals surface area contributed by atoms with Crippen LogP contribution in [0.5, 0.6) is 0 Å². The third-order valence-corrected chi connectivity index (χ3v) is 6.68. The highest BCUT2D eigenvalue weighted by Gasteiger charge is 2.22. The largest absolute Gasteiger partial charge is 0.339 e. The number of nitrogens with zero attached hydrogens (tertiary/aromatic N) is 3. The van der Waals surface area contributed by atoms with Gasteiger partial charge in [0.25, 0.3) is 5.91 Å². The Morgan fingerprint density at radius 3 is 2.93 bits per heavy atom. The van der Waals surface area contributed by atoms with Gasteiger partial charge in [-0.2, -0.15) is 0 Å². The van der Waals surface area contributed by atoms with E-state index in [4.69, 9.17) is 0 Å². The van der Waals surface area contributed by atoms with Crippen LogP contribution in [-0.4, -0.2) is 52.7 Å². The first-order valence-corrected chi connectivity index (χ1v) is 11.0. The van der Waals surface area contributed by atoms with Gasteiger partial charge >= 0.3 is 0 Å². The van der Waals surface area contributed by atoms with Crippen LogP contribution < -0.4 is 10.6 Å². The van der Waals surface area contributed by atoms with E-state index in [1.54, 1.807) is 12.4 Å². The van der Waals surface area contributed by atoms with Gasteiger partial charge in [0, 0.05) is 36.1 Å². The van der Waals surface area contributed by atoms with Crippen molar-refractivity contribution >= 4 is 29.3 Å². The summed E-state index contributed by atoms with van der Waals surface area (Å²) in [5.41, 5.74) is 2.91. The first-order chi connectivity index (χ1) is 13.7. The van der Waals surface area contributed by atoms with E-state index in [0.717, 1.165) is 44.5 Å². The van der Waals surface area contributed by atoms with E-state index >= 15 is 0 Å². The summed E-state index contributed by atoms with van der Waals surface area (Å²) in [5, 5.41) is 6.64. The van der Waals surface area contributed by atoms with Crippen LogP contribution in [0, 0.1) is 0 Å². The number of aromatic nitrogens is 2. The maximum absolute atomic E-state index is 12.8. The summed E-state index contributed by atoms with van der Waals surface area (Å²) >= 11 is 1.92. The van der Waals surface area contributed by atoms with Gasteiger partial charge in [-0.1, -0.05) is 0 Å². The molecule has 1 aromatic carbocycles. The molecular formula is C21H27N5OS. The van der Waals surface area contributed by atoms with Gasteiger partial charge in [0.15, 0.2) is 0 Å². The first kappa shape index (κ1) is 19.2. The van der Waals surface area contributed by atoms with Gasteiger partial charge in [-0.25, -0.2) is 9.97 Å². The molecular weight excluding hydrogens is 370 g/mol. The zero-order valence-electron chi connectivity index (χ0n) is 16.3. The lowest BCUT2D eigenvalue weighted by atomic mass is 10.1. The van der Waals surface area contributed by atoms with E-state index in [0.29, 0.717) is 11.5 Å². The number of fused-ring (bicyclic) bond motifs is 1. The number of hydrogen-bond acceptors (Lipinski definition) is 6. The summed E-state index contributed by atoms with van der Waals surface area (Å²) in [4.78, 5) is 24.7. The molecule has 3 heterocycles. The molecule has 2 aromatic rings. The Morgan fingerprint density at radius 2 is 2.07 bits per heavy atom. The van der Waals surface area contributed by atoms with Crippen LogP contribution in [0.2, 0.25) is 0 Å².